The maximum atomic E-state index is 13.3. The molecule has 9 nitrogen and oxygen atoms in total. The van der Waals surface area contributed by atoms with E-state index in [1.165, 1.54) is 17.0 Å². The molecule has 0 radical (unpaired) electrons. The first-order valence-electron chi connectivity index (χ1n) is 12.0. The SMILES string of the molecule is CCN(C(=O)COC(=O)c1ccccc1NS(=O)(=O)c1cc(C(C)(C)C)ccc1C)[C@H]1CCS(=O)(=O)C1. The van der Waals surface area contributed by atoms with Crippen LogP contribution in [0.25, 0.3) is 0 Å². The topological polar surface area (TPSA) is 127 Å². The Labute approximate surface area is 219 Å². The predicted molar refractivity (Wildman–Crippen MR) is 142 cm³/mol. The number of hydrogen-bond donors (Lipinski definition) is 1. The summed E-state index contributed by atoms with van der Waals surface area (Å²) in [6.07, 6.45) is 0.344. The fraction of sp³-hybridized carbons (Fsp3) is 0.462. The molecule has 0 bridgehead atoms. The molecule has 0 saturated carbocycles. The number of para-hydroxylation sites is 1. The van der Waals surface area contributed by atoms with Crippen LogP contribution in [-0.2, 0) is 34.8 Å². The number of aryl methyl sites for hydroxylation is 1. The number of nitrogens with zero attached hydrogens (tertiary/aromatic N) is 1. The molecular formula is C26H34N2O7S2. The van der Waals surface area contributed by atoms with E-state index in [1.807, 2.05) is 26.8 Å². The lowest BCUT2D eigenvalue weighted by molar-refractivity contribution is -0.136. The summed E-state index contributed by atoms with van der Waals surface area (Å²) in [7, 11) is -7.23. The molecule has 202 valence electrons. The second-order valence-electron chi connectivity index (χ2n) is 10.2. The zero-order valence-corrected chi connectivity index (χ0v) is 23.4. The molecule has 1 N–H and O–H groups in total. The second kappa shape index (κ2) is 10.8. The number of sulfone groups is 1. The van der Waals surface area contributed by atoms with Gasteiger partial charge in [-0.1, -0.05) is 45.0 Å². The smallest absolute Gasteiger partial charge is 0.340 e. The van der Waals surface area contributed by atoms with Crippen LogP contribution in [0.1, 0.15) is 55.6 Å². The van der Waals surface area contributed by atoms with E-state index >= 15 is 0 Å². The molecule has 0 unspecified atom stereocenters. The second-order valence-corrected chi connectivity index (χ2v) is 14.1. The van der Waals surface area contributed by atoms with E-state index in [0.717, 1.165) is 5.56 Å². The van der Waals surface area contributed by atoms with Gasteiger partial charge in [-0.05, 0) is 55.0 Å². The third-order valence-corrected chi connectivity index (χ3v) is 9.63. The number of amides is 1. The number of ether oxygens (including phenoxy) is 1. The van der Waals surface area contributed by atoms with Gasteiger partial charge in [0.05, 0.1) is 27.7 Å². The highest BCUT2D eigenvalue weighted by molar-refractivity contribution is 7.92. The van der Waals surface area contributed by atoms with Gasteiger partial charge in [0, 0.05) is 12.6 Å². The fourth-order valence-electron chi connectivity index (χ4n) is 4.25. The van der Waals surface area contributed by atoms with Crippen molar-refractivity contribution in [3.8, 4) is 0 Å². The number of benzene rings is 2. The van der Waals surface area contributed by atoms with E-state index in [9.17, 15) is 26.4 Å². The normalized spacial score (nSPS) is 17.3. The highest BCUT2D eigenvalue weighted by Crippen LogP contribution is 2.28. The zero-order valence-electron chi connectivity index (χ0n) is 21.8. The van der Waals surface area contributed by atoms with E-state index in [0.29, 0.717) is 12.0 Å². The van der Waals surface area contributed by atoms with Crippen molar-refractivity contribution >= 4 is 37.4 Å². The Kier molecular flexibility index (Phi) is 8.38. The van der Waals surface area contributed by atoms with Gasteiger partial charge in [-0.25, -0.2) is 21.6 Å². The monoisotopic (exact) mass is 550 g/mol. The third kappa shape index (κ3) is 6.89. The first-order valence-corrected chi connectivity index (χ1v) is 15.3. The number of nitrogens with one attached hydrogen (secondary N) is 1. The Balaban J connectivity index is 1.77. The molecule has 0 aliphatic carbocycles. The molecule has 1 atom stereocenters. The van der Waals surface area contributed by atoms with Crippen LogP contribution in [0.5, 0.6) is 0 Å². The van der Waals surface area contributed by atoms with Crippen molar-refractivity contribution < 1.29 is 31.2 Å². The van der Waals surface area contributed by atoms with Crippen molar-refractivity contribution in [2.75, 3.05) is 29.4 Å². The summed E-state index contributed by atoms with van der Waals surface area (Å²) in [6, 6.07) is 10.8. The number of likely N-dealkylation sites (N-methyl/N-ethyl adjacent to an activating group) is 1. The molecule has 3 rings (SSSR count). The fourth-order valence-corrected chi connectivity index (χ4v) is 7.34. The van der Waals surface area contributed by atoms with Gasteiger partial charge in [0.1, 0.15) is 0 Å². The van der Waals surface area contributed by atoms with Crippen molar-refractivity contribution in [1.29, 1.82) is 0 Å². The van der Waals surface area contributed by atoms with Crippen LogP contribution in [0.15, 0.2) is 47.4 Å². The summed E-state index contributed by atoms with van der Waals surface area (Å²) in [5, 5.41) is 0. The lowest BCUT2D eigenvalue weighted by Crippen LogP contribution is -2.43. The molecular weight excluding hydrogens is 516 g/mol. The Morgan fingerprint density at radius 3 is 2.41 bits per heavy atom. The summed E-state index contributed by atoms with van der Waals surface area (Å²) in [5.41, 5.74) is 1.12. The summed E-state index contributed by atoms with van der Waals surface area (Å²) in [4.78, 5) is 27.1. The maximum absolute atomic E-state index is 13.3. The van der Waals surface area contributed by atoms with Gasteiger partial charge < -0.3 is 9.64 Å². The molecule has 1 saturated heterocycles. The average molecular weight is 551 g/mol. The van der Waals surface area contributed by atoms with Crippen molar-refractivity contribution in [1.82, 2.24) is 4.90 Å². The van der Waals surface area contributed by atoms with E-state index in [4.69, 9.17) is 4.74 Å². The summed E-state index contributed by atoms with van der Waals surface area (Å²) in [6.45, 7) is 9.07. The molecule has 1 amide bonds. The quantitative estimate of drug-likeness (QED) is 0.500. The Hall–Kier alpha value is -2.92. The standard InChI is InChI=1S/C26H34N2O7S2/c1-6-28(20-13-14-36(31,32)17-20)24(29)16-35-25(30)21-9-7-8-10-22(21)27-37(33,34)23-15-19(26(3,4)5)12-11-18(23)2/h7-12,15,20,27H,6,13-14,16-17H2,1-5H3/t20-/m0/s1. The van der Waals surface area contributed by atoms with Gasteiger partial charge in [-0.2, -0.15) is 0 Å². The molecule has 2 aromatic carbocycles. The summed E-state index contributed by atoms with van der Waals surface area (Å²) >= 11 is 0. The average Bonchev–Trinajstić information content (AvgIpc) is 3.16. The highest BCUT2D eigenvalue weighted by Gasteiger charge is 2.34. The van der Waals surface area contributed by atoms with Gasteiger partial charge in [0.2, 0.25) is 0 Å². The molecule has 1 fully saturated rings. The van der Waals surface area contributed by atoms with Crippen molar-refractivity contribution in [2.24, 2.45) is 0 Å². The molecule has 1 aliphatic heterocycles. The first-order chi connectivity index (χ1) is 17.1. The third-order valence-electron chi connectivity index (χ3n) is 6.37. The van der Waals surface area contributed by atoms with Crippen molar-refractivity contribution in [3.05, 3.63) is 59.2 Å². The van der Waals surface area contributed by atoms with Crippen LogP contribution < -0.4 is 4.72 Å². The number of esters is 1. The lowest BCUT2D eigenvalue weighted by Gasteiger charge is -2.26. The maximum Gasteiger partial charge on any atom is 0.340 e. The van der Waals surface area contributed by atoms with E-state index in [-0.39, 0.29) is 39.6 Å². The zero-order chi connectivity index (χ0) is 27.6. The number of hydrogen-bond acceptors (Lipinski definition) is 7. The van der Waals surface area contributed by atoms with E-state index in [2.05, 4.69) is 4.72 Å². The number of anilines is 1. The van der Waals surface area contributed by atoms with Crippen LogP contribution in [0.4, 0.5) is 5.69 Å². The molecule has 0 aromatic heterocycles. The van der Waals surface area contributed by atoms with E-state index in [1.54, 1.807) is 38.1 Å². The minimum Gasteiger partial charge on any atom is -0.452 e. The molecule has 11 heteroatoms. The number of carbonyl (C=O) groups is 2. The van der Waals surface area contributed by atoms with Crippen LogP contribution in [-0.4, -0.2) is 64.3 Å². The highest BCUT2D eigenvalue weighted by atomic mass is 32.2. The molecule has 1 heterocycles. The molecule has 0 spiro atoms. The predicted octanol–water partition coefficient (Wildman–Crippen LogP) is 3.29. The van der Waals surface area contributed by atoms with Gasteiger partial charge in [0.25, 0.3) is 15.9 Å². The minimum atomic E-state index is -4.04. The van der Waals surface area contributed by atoms with Crippen LogP contribution in [0, 0.1) is 6.92 Å². The van der Waals surface area contributed by atoms with Gasteiger partial charge in [-0.15, -0.1) is 0 Å². The largest absolute Gasteiger partial charge is 0.452 e. The number of sulfonamides is 1. The number of rotatable bonds is 8. The van der Waals surface area contributed by atoms with Gasteiger partial charge in [0.15, 0.2) is 16.4 Å². The Morgan fingerprint density at radius 2 is 1.81 bits per heavy atom. The Bertz CT molecular complexity index is 1390. The van der Waals surface area contributed by atoms with Crippen molar-refractivity contribution in [2.45, 2.75) is 57.4 Å². The van der Waals surface area contributed by atoms with Crippen LogP contribution in [0.3, 0.4) is 0 Å². The molecule has 37 heavy (non-hydrogen) atoms. The first kappa shape index (κ1) is 28.6. The van der Waals surface area contributed by atoms with Crippen LogP contribution >= 0.6 is 0 Å². The number of carbonyl (C=O) groups excluding carboxylic acids is 2. The lowest BCUT2D eigenvalue weighted by atomic mass is 9.87. The minimum absolute atomic E-state index is 0.0207. The van der Waals surface area contributed by atoms with E-state index < -0.39 is 44.4 Å². The molecule has 1 aliphatic rings. The summed E-state index contributed by atoms with van der Waals surface area (Å²) < 4.78 is 57.9. The summed E-state index contributed by atoms with van der Waals surface area (Å²) in [5.74, 6) is -1.47. The van der Waals surface area contributed by atoms with Gasteiger partial charge in [-0.3, -0.25) is 9.52 Å². The van der Waals surface area contributed by atoms with Gasteiger partial charge >= 0.3 is 5.97 Å². The van der Waals surface area contributed by atoms with Crippen LogP contribution in [0.2, 0.25) is 0 Å². The molecule has 2 aromatic rings. The Morgan fingerprint density at radius 1 is 1.14 bits per heavy atom. The van der Waals surface area contributed by atoms with Crippen molar-refractivity contribution in [3.63, 3.8) is 0 Å².